The number of aryl methyl sites for hydroxylation is 1. The van der Waals surface area contributed by atoms with Gasteiger partial charge in [-0.1, -0.05) is 20.8 Å². The number of halogens is 3. The van der Waals surface area contributed by atoms with Crippen LogP contribution in [-0.4, -0.2) is 27.8 Å². The summed E-state index contributed by atoms with van der Waals surface area (Å²) in [6, 6.07) is 0. The Morgan fingerprint density at radius 3 is 2.12 bits per heavy atom. The summed E-state index contributed by atoms with van der Waals surface area (Å²) in [4.78, 5) is 12.0. The van der Waals surface area contributed by atoms with Gasteiger partial charge in [0.25, 0.3) is 0 Å². The minimum Gasteiger partial charge on any atom is -0.409 e. The maximum Gasteiger partial charge on any atom is 0.434 e. The Balaban J connectivity index is 2.14. The van der Waals surface area contributed by atoms with Crippen molar-refractivity contribution in [3.8, 4) is 11.4 Å². The third-order valence-corrected chi connectivity index (χ3v) is 8.98. The second-order valence-electron chi connectivity index (χ2n) is 7.50. The fourth-order valence-corrected chi connectivity index (χ4v) is 2.80. The smallest absolute Gasteiger partial charge is 0.409 e. The molecule has 138 valence electrons. The van der Waals surface area contributed by atoms with E-state index in [1.165, 1.54) is 24.0 Å². The van der Waals surface area contributed by atoms with Gasteiger partial charge in [-0.3, -0.25) is 0 Å². The average molecular weight is 372 g/mol. The van der Waals surface area contributed by atoms with E-state index in [-0.39, 0.29) is 17.5 Å². The SMILES string of the molecule is Cn1cc(C(F)(F)F)nc1-c1cnc(CO[Si](C)(C)C(C)(C)C)nc1. The van der Waals surface area contributed by atoms with E-state index in [0.29, 0.717) is 11.4 Å². The van der Waals surface area contributed by atoms with Gasteiger partial charge in [0.2, 0.25) is 0 Å². The number of hydrogen-bond donors (Lipinski definition) is 0. The van der Waals surface area contributed by atoms with Crippen molar-refractivity contribution >= 4 is 8.32 Å². The van der Waals surface area contributed by atoms with Crippen molar-refractivity contribution in [3.63, 3.8) is 0 Å². The second kappa shape index (κ2) is 6.53. The molecule has 25 heavy (non-hydrogen) atoms. The molecule has 0 bridgehead atoms. The van der Waals surface area contributed by atoms with Gasteiger partial charge in [-0.2, -0.15) is 13.2 Å². The highest BCUT2D eigenvalue weighted by Crippen LogP contribution is 2.37. The minimum atomic E-state index is -4.48. The van der Waals surface area contributed by atoms with E-state index in [0.717, 1.165) is 6.20 Å². The van der Waals surface area contributed by atoms with Gasteiger partial charge in [-0.15, -0.1) is 0 Å². The Hall–Kier alpha value is -1.74. The number of rotatable bonds is 4. The van der Waals surface area contributed by atoms with Gasteiger partial charge in [-0.05, 0) is 18.1 Å². The summed E-state index contributed by atoms with van der Waals surface area (Å²) in [6.07, 6.45) is -0.586. The molecule has 0 radical (unpaired) electrons. The van der Waals surface area contributed by atoms with Crippen LogP contribution in [0, 0.1) is 0 Å². The molecule has 0 N–H and O–H groups in total. The van der Waals surface area contributed by atoms with E-state index < -0.39 is 20.2 Å². The lowest BCUT2D eigenvalue weighted by Gasteiger charge is -2.35. The fourth-order valence-electron chi connectivity index (χ4n) is 1.88. The summed E-state index contributed by atoms with van der Waals surface area (Å²) in [5.41, 5.74) is -0.510. The number of imidazole rings is 1. The molecule has 0 aliphatic heterocycles. The van der Waals surface area contributed by atoms with Crippen molar-refractivity contribution in [2.75, 3.05) is 0 Å². The number of hydrogen-bond acceptors (Lipinski definition) is 4. The normalized spacial score (nSPS) is 13.3. The van der Waals surface area contributed by atoms with Crippen LogP contribution < -0.4 is 0 Å². The van der Waals surface area contributed by atoms with Crippen molar-refractivity contribution in [1.82, 2.24) is 19.5 Å². The lowest BCUT2D eigenvalue weighted by molar-refractivity contribution is -0.140. The first-order chi connectivity index (χ1) is 11.3. The Bertz CT molecular complexity index is 733. The number of nitrogens with zero attached hydrogens (tertiary/aromatic N) is 4. The van der Waals surface area contributed by atoms with Crippen LogP contribution in [0.25, 0.3) is 11.4 Å². The van der Waals surface area contributed by atoms with Crippen LogP contribution in [0.2, 0.25) is 18.1 Å². The topological polar surface area (TPSA) is 52.8 Å². The maximum atomic E-state index is 12.7. The van der Waals surface area contributed by atoms with Gasteiger partial charge >= 0.3 is 6.18 Å². The molecule has 0 unspecified atom stereocenters. The molecule has 0 spiro atoms. The van der Waals surface area contributed by atoms with Crippen LogP contribution in [0.1, 0.15) is 32.3 Å². The summed E-state index contributed by atoms with van der Waals surface area (Å²) in [7, 11) is -0.407. The zero-order valence-electron chi connectivity index (χ0n) is 15.3. The van der Waals surface area contributed by atoms with Crippen molar-refractivity contribution in [3.05, 3.63) is 30.1 Å². The molecule has 2 aromatic rings. The van der Waals surface area contributed by atoms with E-state index in [2.05, 4.69) is 48.8 Å². The highest BCUT2D eigenvalue weighted by atomic mass is 28.4. The lowest BCUT2D eigenvalue weighted by atomic mass is 10.2. The van der Waals surface area contributed by atoms with Crippen LogP contribution in [0.4, 0.5) is 13.2 Å². The first-order valence-electron chi connectivity index (χ1n) is 7.87. The van der Waals surface area contributed by atoms with Gasteiger partial charge in [0.05, 0.1) is 12.2 Å². The molecule has 9 heteroatoms. The summed E-state index contributed by atoms with van der Waals surface area (Å²) < 4.78 is 45.6. The van der Waals surface area contributed by atoms with E-state index in [4.69, 9.17) is 4.43 Å². The third kappa shape index (κ3) is 4.46. The van der Waals surface area contributed by atoms with Gasteiger partial charge in [0, 0.05) is 25.6 Å². The monoisotopic (exact) mass is 372 g/mol. The fraction of sp³-hybridized carbons (Fsp3) is 0.562. The Morgan fingerprint density at radius 1 is 1.12 bits per heavy atom. The predicted octanol–water partition coefficient (Wildman–Crippen LogP) is 4.42. The van der Waals surface area contributed by atoms with Crippen LogP contribution in [-0.2, 0) is 24.3 Å². The molecule has 0 atom stereocenters. The molecule has 2 aromatic heterocycles. The lowest BCUT2D eigenvalue weighted by Crippen LogP contribution is -2.40. The minimum absolute atomic E-state index is 0.0773. The standard InChI is InChI=1S/C16H23F3N4OSi/c1-15(2,3)25(5,6)24-10-13-20-7-11(8-21-13)14-22-12(9-23(14)4)16(17,18)19/h7-9H,10H2,1-6H3. The highest BCUT2D eigenvalue weighted by Gasteiger charge is 2.37. The Labute approximate surface area is 146 Å². The average Bonchev–Trinajstić information content (AvgIpc) is 2.87. The molecule has 0 aliphatic rings. The molecular weight excluding hydrogens is 349 g/mol. The van der Waals surface area contributed by atoms with Crippen molar-refractivity contribution < 1.29 is 17.6 Å². The quantitative estimate of drug-likeness (QED) is 0.746. The number of alkyl halides is 3. The molecule has 5 nitrogen and oxygen atoms in total. The summed E-state index contributed by atoms with van der Waals surface area (Å²) >= 11 is 0. The van der Waals surface area contributed by atoms with Gasteiger partial charge in [0.15, 0.2) is 19.8 Å². The van der Waals surface area contributed by atoms with E-state index in [1.54, 1.807) is 0 Å². The molecule has 2 rings (SSSR count). The van der Waals surface area contributed by atoms with Gasteiger partial charge in [0.1, 0.15) is 5.82 Å². The van der Waals surface area contributed by atoms with E-state index >= 15 is 0 Å². The third-order valence-electron chi connectivity index (χ3n) is 4.50. The van der Waals surface area contributed by atoms with Crippen molar-refractivity contribution in [1.29, 1.82) is 0 Å². The van der Waals surface area contributed by atoms with Crippen LogP contribution in [0.15, 0.2) is 18.6 Å². The first-order valence-corrected chi connectivity index (χ1v) is 10.8. The number of aromatic nitrogens is 4. The molecule has 0 aromatic carbocycles. The van der Waals surface area contributed by atoms with Crippen LogP contribution in [0.5, 0.6) is 0 Å². The largest absolute Gasteiger partial charge is 0.434 e. The highest BCUT2D eigenvalue weighted by molar-refractivity contribution is 6.74. The first kappa shape index (κ1) is 19.6. The molecule has 2 heterocycles. The molecule has 0 fully saturated rings. The molecule has 0 aliphatic carbocycles. The second-order valence-corrected chi connectivity index (χ2v) is 12.3. The van der Waals surface area contributed by atoms with Crippen LogP contribution >= 0.6 is 0 Å². The Morgan fingerprint density at radius 2 is 1.68 bits per heavy atom. The summed E-state index contributed by atoms with van der Waals surface area (Å²) in [5.74, 6) is 0.669. The molecule has 0 saturated heterocycles. The van der Waals surface area contributed by atoms with Crippen molar-refractivity contribution in [2.24, 2.45) is 7.05 Å². The van der Waals surface area contributed by atoms with E-state index in [9.17, 15) is 13.2 Å². The van der Waals surface area contributed by atoms with Crippen LogP contribution in [0.3, 0.4) is 0 Å². The maximum absolute atomic E-state index is 12.7. The zero-order chi connectivity index (χ0) is 19.0. The van der Waals surface area contributed by atoms with Gasteiger partial charge in [-0.25, -0.2) is 15.0 Å². The summed E-state index contributed by atoms with van der Waals surface area (Å²) in [6.45, 7) is 11.0. The van der Waals surface area contributed by atoms with Gasteiger partial charge < -0.3 is 8.99 Å². The van der Waals surface area contributed by atoms with E-state index in [1.807, 2.05) is 0 Å². The molecular formula is C16H23F3N4OSi. The molecule has 0 saturated carbocycles. The Kier molecular flexibility index (Phi) is 5.11. The zero-order valence-corrected chi connectivity index (χ0v) is 16.3. The summed E-state index contributed by atoms with van der Waals surface area (Å²) in [5, 5.41) is 0.0773. The predicted molar refractivity (Wildman–Crippen MR) is 91.2 cm³/mol. The van der Waals surface area contributed by atoms with Crippen molar-refractivity contribution in [2.45, 2.75) is 51.7 Å². The molecule has 0 amide bonds.